The molecular formula is C10H10N2. The zero-order valence-corrected chi connectivity index (χ0v) is 6.72. The molecule has 1 aromatic carbocycles. The van der Waals surface area contributed by atoms with Crippen molar-refractivity contribution in [1.82, 2.24) is 4.98 Å². The fraction of sp³-hybridized carbons (Fsp3) is 0.200. The van der Waals surface area contributed by atoms with Gasteiger partial charge in [-0.1, -0.05) is 12.1 Å². The Morgan fingerprint density at radius 2 is 2.17 bits per heavy atom. The molecule has 3 rings (SSSR count). The van der Waals surface area contributed by atoms with Crippen LogP contribution in [0.3, 0.4) is 0 Å². The van der Waals surface area contributed by atoms with Crippen LogP contribution in [-0.4, -0.2) is 11.5 Å². The number of aromatic amines is 1. The number of rotatable bonds is 0. The zero-order valence-electron chi connectivity index (χ0n) is 6.72. The second-order valence-electron chi connectivity index (χ2n) is 3.22. The fourth-order valence-corrected chi connectivity index (χ4v) is 1.90. The molecule has 0 amide bonds. The first-order chi connectivity index (χ1) is 5.95. The van der Waals surface area contributed by atoms with Gasteiger partial charge in [0.1, 0.15) is 0 Å². The van der Waals surface area contributed by atoms with Crippen molar-refractivity contribution >= 4 is 16.6 Å². The van der Waals surface area contributed by atoms with Gasteiger partial charge in [-0.15, -0.1) is 0 Å². The fourth-order valence-electron chi connectivity index (χ4n) is 1.90. The molecule has 0 spiro atoms. The van der Waals surface area contributed by atoms with E-state index in [1.165, 1.54) is 22.2 Å². The summed E-state index contributed by atoms with van der Waals surface area (Å²) in [7, 11) is 0. The van der Waals surface area contributed by atoms with Crippen molar-refractivity contribution in [3.63, 3.8) is 0 Å². The van der Waals surface area contributed by atoms with E-state index in [-0.39, 0.29) is 0 Å². The maximum Gasteiger partial charge on any atom is 0.0692 e. The summed E-state index contributed by atoms with van der Waals surface area (Å²) in [5, 5.41) is 4.69. The van der Waals surface area contributed by atoms with Crippen LogP contribution in [0.2, 0.25) is 0 Å². The van der Waals surface area contributed by atoms with Crippen molar-refractivity contribution in [3.8, 4) is 0 Å². The van der Waals surface area contributed by atoms with Crippen LogP contribution in [-0.2, 0) is 6.42 Å². The molecule has 1 aliphatic rings. The maximum absolute atomic E-state index is 3.40. The monoisotopic (exact) mass is 158 g/mol. The largest absolute Gasteiger partial charge is 0.383 e. The smallest absolute Gasteiger partial charge is 0.0692 e. The van der Waals surface area contributed by atoms with E-state index in [0.717, 1.165) is 13.0 Å². The predicted molar refractivity (Wildman–Crippen MR) is 50.5 cm³/mol. The van der Waals surface area contributed by atoms with Crippen molar-refractivity contribution in [1.29, 1.82) is 0 Å². The molecule has 2 aromatic rings. The van der Waals surface area contributed by atoms with Gasteiger partial charge in [0, 0.05) is 18.1 Å². The Morgan fingerprint density at radius 1 is 1.17 bits per heavy atom. The van der Waals surface area contributed by atoms with Crippen molar-refractivity contribution < 1.29 is 0 Å². The first kappa shape index (κ1) is 6.12. The van der Waals surface area contributed by atoms with E-state index >= 15 is 0 Å². The van der Waals surface area contributed by atoms with Gasteiger partial charge in [-0.05, 0) is 18.1 Å². The summed E-state index contributed by atoms with van der Waals surface area (Å²) in [6, 6.07) is 6.50. The number of anilines is 1. The molecule has 2 N–H and O–H groups in total. The number of nitrogens with one attached hydrogen (secondary N) is 2. The quantitative estimate of drug-likeness (QED) is 0.604. The van der Waals surface area contributed by atoms with E-state index in [1.54, 1.807) is 0 Å². The van der Waals surface area contributed by atoms with Crippen LogP contribution < -0.4 is 5.32 Å². The van der Waals surface area contributed by atoms with Gasteiger partial charge < -0.3 is 10.3 Å². The summed E-state index contributed by atoms with van der Waals surface area (Å²) in [6.45, 7) is 1.08. The third kappa shape index (κ3) is 0.644. The lowest BCUT2D eigenvalue weighted by molar-refractivity contribution is 1.11. The second kappa shape index (κ2) is 2.03. The van der Waals surface area contributed by atoms with Crippen LogP contribution >= 0.6 is 0 Å². The highest BCUT2D eigenvalue weighted by molar-refractivity contribution is 5.93. The van der Waals surface area contributed by atoms with Crippen LogP contribution in [0.25, 0.3) is 10.9 Å². The lowest BCUT2D eigenvalue weighted by Gasteiger charge is -2.00. The number of hydrogen-bond donors (Lipinski definition) is 2. The van der Waals surface area contributed by atoms with Gasteiger partial charge in [-0.25, -0.2) is 0 Å². The number of hydrogen-bond acceptors (Lipinski definition) is 1. The van der Waals surface area contributed by atoms with Crippen molar-refractivity contribution in [3.05, 3.63) is 30.0 Å². The van der Waals surface area contributed by atoms with Crippen LogP contribution in [0.4, 0.5) is 5.69 Å². The highest BCUT2D eigenvalue weighted by Crippen LogP contribution is 2.29. The molecule has 1 aromatic heterocycles. The Morgan fingerprint density at radius 3 is 3.17 bits per heavy atom. The highest BCUT2D eigenvalue weighted by Gasteiger charge is 2.12. The normalized spacial score (nSPS) is 14.7. The molecule has 0 saturated carbocycles. The minimum Gasteiger partial charge on any atom is -0.383 e. The van der Waals surface area contributed by atoms with E-state index in [1.807, 2.05) is 6.20 Å². The van der Waals surface area contributed by atoms with Crippen LogP contribution in [0, 0.1) is 0 Å². The van der Waals surface area contributed by atoms with E-state index in [4.69, 9.17) is 0 Å². The number of aromatic nitrogens is 1. The van der Waals surface area contributed by atoms with Gasteiger partial charge in [0.15, 0.2) is 0 Å². The molecule has 2 heterocycles. The molecule has 12 heavy (non-hydrogen) atoms. The average molecular weight is 158 g/mol. The Bertz CT molecular complexity index is 428. The van der Waals surface area contributed by atoms with Gasteiger partial charge in [-0.2, -0.15) is 0 Å². The van der Waals surface area contributed by atoms with Gasteiger partial charge >= 0.3 is 0 Å². The Labute approximate surface area is 70.6 Å². The minimum atomic E-state index is 1.08. The van der Waals surface area contributed by atoms with E-state index in [2.05, 4.69) is 28.5 Å². The van der Waals surface area contributed by atoms with E-state index in [9.17, 15) is 0 Å². The standard InChI is InChI=1S/C10H10N2/c1-2-8-4-6-12-10(8)9-7(1)3-5-11-9/h1-3,5,11-12H,4,6H2. The lowest BCUT2D eigenvalue weighted by atomic mass is 10.1. The molecule has 0 radical (unpaired) electrons. The Hall–Kier alpha value is -1.44. The van der Waals surface area contributed by atoms with Crippen molar-refractivity contribution in [2.45, 2.75) is 6.42 Å². The van der Waals surface area contributed by atoms with Crippen molar-refractivity contribution in [2.24, 2.45) is 0 Å². The molecule has 2 heteroatoms. The summed E-state index contributed by atoms with van der Waals surface area (Å²) in [5.41, 5.74) is 3.99. The average Bonchev–Trinajstić information content (AvgIpc) is 2.71. The molecule has 0 fully saturated rings. The van der Waals surface area contributed by atoms with Crippen LogP contribution in [0.5, 0.6) is 0 Å². The molecule has 0 bridgehead atoms. The molecule has 0 atom stereocenters. The van der Waals surface area contributed by atoms with E-state index in [0.29, 0.717) is 0 Å². The lowest BCUT2D eigenvalue weighted by Crippen LogP contribution is -1.91. The molecule has 60 valence electrons. The number of benzene rings is 1. The Balaban J connectivity index is 2.46. The molecule has 1 aliphatic heterocycles. The minimum absolute atomic E-state index is 1.08. The zero-order chi connectivity index (χ0) is 7.97. The molecular weight excluding hydrogens is 148 g/mol. The molecule has 0 unspecified atom stereocenters. The van der Waals surface area contributed by atoms with Gasteiger partial charge in [0.25, 0.3) is 0 Å². The van der Waals surface area contributed by atoms with Gasteiger partial charge in [0.05, 0.1) is 11.2 Å². The molecule has 2 nitrogen and oxygen atoms in total. The maximum atomic E-state index is 3.40. The summed E-state index contributed by atoms with van der Waals surface area (Å²) in [4.78, 5) is 3.26. The Kier molecular flexibility index (Phi) is 1.04. The third-order valence-corrected chi connectivity index (χ3v) is 2.51. The summed E-state index contributed by atoms with van der Waals surface area (Å²) in [6.07, 6.45) is 3.15. The van der Waals surface area contributed by atoms with Gasteiger partial charge in [0.2, 0.25) is 0 Å². The highest BCUT2D eigenvalue weighted by atomic mass is 14.9. The van der Waals surface area contributed by atoms with E-state index < -0.39 is 0 Å². The number of fused-ring (bicyclic) bond motifs is 3. The first-order valence-corrected chi connectivity index (χ1v) is 4.28. The summed E-state index contributed by atoms with van der Waals surface area (Å²) in [5.74, 6) is 0. The molecule has 0 saturated heterocycles. The number of H-pyrrole nitrogens is 1. The third-order valence-electron chi connectivity index (χ3n) is 2.51. The van der Waals surface area contributed by atoms with Gasteiger partial charge in [-0.3, -0.25) is 0 Å². The summed E-state index contributed by atoms with van der Waals surface area (Å²) >= 11 is 0. The SMILES string of the molecule is c1cc2ccc3c(c2[nH]1)NCC3. The topological polar surface area (TPSA) is 27.8 Å². The van der Waals surface area contributed by atoms with Crippen LogP contribution in [0.1, 0.15) is 5.56 Å². The summed E-state index contributed by atoms with van der Waals surface area (Å²) < 4.78 is 0. The van der Waals surface area contributed by atoms with Crippen LogP contribution in [0.15, 0.2) is 24.4 Å². The second-order valence-corrected chi connectivity index (χ2v) is 3.22. The molecule has 0 aliphatic carbocycles. The van der Waals surface area contributed by atoms with Crippen molar-refractivity contribution in [2.75, 3.05) is 11.9 Å². The first-order valence-electron chi connectivity index (χ1n) is 4.28. The predicted octanol–water partition coefficient (Wildman–Crippen LogP) is 2.14.